The third-order valence-electron chi connectivity index (χ3n) is 3.75. The van der Waals surface area contributed by atoms with Crippen LogP contribution in [-0.2, 0) is 16.6 Å². The molecule has 0 saturated heterocycles. The van der Waals surface area contributed by atoms with Gasteiger partial charge in [0.05, 0.1) is 24.3 Å². The lowest BCUT2D eigenvalue weighted by atomic mass is 10.2. The van der Waals surface area contributed by atoms with Gasteiger partial charge >= 0.3 is 0 Å². The van der Waals surface area contributed by atoms with Crippen molar-refractivity contribution in [2.75, 3.05) is 25.0 Å². The molecule has 6 nitrogen and oxygen atoms in total. The SMILES string of the molecule is Cc1ccc2c(c1)S(=O)(=O)N(C)CCN2Cc1cnc[nH]1. The number of likely N-dealkylation sites (N-methyl/N-ethyl adjacent to an activating group) is 1. The molecule has 0 aliphatic carbocycles. The van der Waals surface area contributed by atoms with Gasteiger partial charge in [0.25, 0.3) is 0 Å². The molecule has 112 valence electrons. The lowest BCUT2D eigenvalue weighted by Gasteiger charge is -2.23. The van der Waals surface area contributed by atoms with Crippen LogP contribution in [0.5, 0.6) is 0 Å². The number of anilines is 1. The van der Waals surface area contributed by atoms with Crippen LogP contribution in [-0.4, -0.2) is 42.8 Å². The Kier molecular flexibility index (Phi) is 3.46. The van der Waals surface area contributed by atoms with Crippen LogP contribution in [0.15, 0.2) is 35.6 Å². The monoisotopic (exact) mass is 306 g/mol. The third-order valence-corrected chi connectivity index (χ3v) is 5.63. The molecule has 21 heavy (non-hydrogen) atoms. The van der Waals surface area contributed by atoms with Crippen LogP contribution < -0.4 is 4.90 Å². The third kappa shape index (κ3) is 2.54. The Hall–Kier alpha value is -1.86. The lowest BCUT2D eigenvalue weighted by molar-refractivity contribution is 0.478. The number of nitrogens with zero attached hydrogens (tertiary/aromatic N) is 3. The summed E-state index contributed by atoms with van der Waals surface area (Å²) in [7, 11) is -1.80. The zero-order chi connectivity index (χ0) is 15.0. The van der Waals surface area contributed by atoms with Gasteiger partial charge in [0.1, 0.15) is 4.90 Å². The van der Waals surface area contributed by atoms with Crippen molar-refractivity contribution in [2.24, 2.45) is 0 Å². The second-order valence-corrected chi connectivity index (χ2v) is 7.31. The van der Waals surface area contributed by atoms with Gasteiger partial charge in [0.15, 0.2) is 0 Å². The maximum Gasteiger partial charge on any atom is 0.244 e. The Labute approximate surface area is 124 Å². The Bertz CT molecular complexity index is 740. The molecule has 1 N–H and O–H groups in total. The average molecular weight is 306 g/mol. The fraction of sp³-hybridized carbons (Fsp3) is 0.357. The number of rotatable bonds is 2. The van der Waals surface area contributed by atoms with Gasteiger partial charge in [-0.25, -0.2) is 13.4 Å². The summed E-state index contributed by atoms with van der Waals surface area (Å²) in [6.07, 6.45) is 3.39. The summed E-state index contributed by atoms with van der Waals surface area (Å²) >= 11 is 0. The molecule has 2 aromatic rings. The number of sulfonamides is 1. The summed E-state index contributed by atoms with van der Waals surface area (Å²) in [5, 5.41) is 0. The van der Waals surface area contributed by atoms with Gasteiger partial charge in [0.2, 0.25) is 10.0 Å². The molecule has 0 bridgehead atoms. The zero-order valence-electron chi connectivity index (χ0n) is 12.1. The number of imidazole rings is 1. The molecule has 1 aliphatic heterocycles. The normalized spacial score (nSPS) is 18.3. The van der Waals surface area contributed by atoms with E-state index in [2.05, 4.69) is 14.9 Å². The number of H-pyrrole nitrogens is 1. The minimum absolute atomic E-state index is 0.377. The first kappa shape index (κ1) is 14.1. The summed E-state index contributed by atoms with van der Waals surface area (Å²) in [4.78, 5) is 9.53. The van der Waals surface area contributed by atoms with Crippen molar-refractivity contribution in [3.8, 4) is 0 Å². The molecule has 1 aromatic carbocycles. The first-order valence-electron chi connectivity index (χ1n) is 6.77. The molecule has 7 heteroatoms. The smallest absolute Gasteiger partial charge is 0.244 e. The Balaban J connectivity index is 2.08. The highest BCUT2D eigenvalue weighted by atomic mass is 32.2. The van der Waals surface area contributed by atoms with Crippen molar-refractivity contribution < 1.29 is 8.42 Å². The molecular formula is C14H18N4O2S. The largest absolute Gasteiger partial charge is 0.363 e. The van der Waals surface area contributed by atoms with E-state index in [4.69, 9.17) is 0 Å². The maximum absolute atomic E-state index is 12.6. The van der Waals surface area contributed by atoms with E-state index in [1.54, 1.807) is 25.6 Å². The predicted molar refractivity (Wildman–Crippen MR) is 80.6 cm³/mol. The Morgan fingerprint density at radius 3 is 2.86 bits per heavy atom. The van der Waals surface area contributed by atoms with Crippen LogP contribution in [0.2, 0.25) is 0 Å². The molecule has 1 aliphatic rings. The summed E-state index contributed by atoms with van der Waals surface area (Å²) in [5.74, 6) is 0. The van der Waals surface area contributed by atoms with Gasteiger partial charge in [-0.05, 0) is 24.6 Å². The van der Waals surface area contributed by atoms with Crippen molar-refractivity contribution >= 4 is 15.7 Å². The molecule has 0 amide bonds. The molecule has 1 aromatic heterocycles. The molecule has 2 heterocycles. The van der Waals surface area contributed by atoms with E-state index in [9.17, 15) is 8.42 Å². The zero-order valence-corrected chi connectivity index (χ0v) is 12.9. The van der Waals surface area contributed by atoms with Crippen molar-refractivity contribution in [1.82, 2.24) is 14.3 Å². The molecular weight excluding hydrogens is 288 g/mol. The maximum atomic E-state index is 12.6. The number of aromatic amines is 1. The summed E-state index contributed by atoms with van der Waals surface area (Å²) in [6, 6.07) is 5.57. The van der Waals surface area contributed by atoms with Crippen molar-refractivity contribution in [3.05, 3.63) is 42.0 Å². The standard InChI is InChI=1S/C14H18N4O2S/c1-11-3-4-13-14(7-11)21(19,20)17(2)5-6-18(13)9-12-8-15-10-16-12/h3-4,7-8,10H,5-6,9H2,1-2H3,(H,15,16). The van der Waals surface area contributed by atoms with Crippen LogP contribution in [0, 0.1) is 6.92 Å². The van der Waals surface area contributed by atoms with E-state index in [-0.39, 0.29) is 0 Å². The van der Waals surface area contributed by atoms with Crippen LogP contribution in [0.4, 0.5) is 5.69 Å². The molecule has 0 unspecified atom stereocenters. The Morgan fingerprint density at radius 1 is 1.33 bits per heavy atom. The Morgan fingerprint density at radius 2 is 2.14 bits per heavy atom. The molecule has 0 radical (unpaired) electrons. The van der Waals surface area contributed by atoms with Gasteiger partial charge in [-0.3, -0.25) is 0 Å². The van der Waals surface area contributed by atoms with Gasteiger partial charge in [0, 0.05) is 26.3 Å². The number of hydrogen-bond donors (Lipinski definition) is 1. The van der Waals surface area contributed by atoms with E-state index in [0.29, 0.717) is 24.5 Å². The first-order chi connectivity index (χ1) is 9.98. The van der Waals surface area contributed by atoms with Gasteiger partial charge in [-0.2, -0.15) is 4.31 Å². The van der Waals surface area contributed by atoms with E-state index in [1.165, 1.54) is 4.31 Å². The summed E-state index contributed by atoms with van der Waals surface area (Å²) < 4.78 is 26.6. The second kappa shape index (κ2) is 5.16. The number of benzene rings is 1. The molecule has 0 fully saturated rings. The quantitative estimate of drug-likeness (QED) is 0.909. The lowest BCUT2D eigenvalue weighted by Crippen LogP contribution is -2.31. The van der Waals surface area contributed by atoms with Crippen molar-refractivity contribution in [1.29, 1.82) is 0 Å². The van der Waals surface area contributed by atoms with Crippen molar-refractivity contribution in [2.45, 2.75) is 18.4 Å². The first-order valence-corrected chi connectivity index (χ1v) is 8.21. The highest BCUT2D eigenvalue weighted by Gasteiger charge is 2.30. The molecule has 0 spiro atoms. The van der Waals surface area contributed by atoms with E-state index < -0.39 is 10.0 Å². The van der Waals surface area contributed by atoms with Crippen LogP contribution in [0.25, 0.3) is 0 Å². The topological polar surface area (TPSA) is 69.3 Å². The fourth-order valence-corrected chi connectivity index (χ4v) is 3.95. The summed E-state index contributed by atoms with van der Waals surface area (Å²) in [6.45, 7) is 3.62. The fourth-order valence-electron chi connectivity index (χ4n) is 2.50. The average Bonchev–Trinajstić information content (AvgIpc) is 2.93. The van der Waals surface area contributed by atoms with Gasteiger partial charge in [-0.15, -0.1) is 0 Å². The number of aryl methyl sites for hydroxylation is 1. The van der Waals surface area contributed by atoms with Crippen LogP contribution in [0.1, 0.15) is 11.3 Å². The second-order valence-electron chi connectivity index (χ2n) is 5.30. The summed E-state index contributed by atoms with van der Waals surface area (Å²) in [5.41, 5.74) is 2.65. The minimum Gasteiger partial charge on any atom is -0.363 e. The van der Waals surface area contributed by atoms with Crippen LogP contribution >= 0.6 is 0 Å². The highest BCUT2D eigenvalue weighted by Crippen LogP contribution is 2.31. The van der Waals surface area contributed by atoms with Crippen molar-refractivity contribution in [3.63, 3.8) is 0 Å². The van der Waals surface area contributed by atoms with E-state index in [1.807, 2.05) is 19.1 Å². The van der Waals surface area contributed by atoms with E-state index >= 15 is 0 Å². The molecule has 3 rings (SSSR count). The molecule has 0 atom stereocenters. The van der Waals surface area contributed by atoms with Gasteiger partial charge in [-0.1, -0.05) is 6.07 Å². The predicted octanol–water partition coefficient (Wildman–Crippen LogP) is 1.36. The number of fused-ring (bicyclic) bond motifs is 1. The number of nitrogens with one attached hydrogen (secondary N) is 1. The number of hydrogen-bond acceptors (Lipinski definition) is 4. The minimum atomic E-state index is -3.43. The van der Waals surface area contributed by atoms with E-state index in [0.717, 1.165) is 16.9 Å². The van der Waals surface area contributed by atoms with Crippen LogP contribution in [0.3, 0.4) is 0 Å². The highest BCUT2D eigenvalue weighted by molar-refractivity contribution is 7.89. The molecule has 0 saturated carbocycles. The van der Waals surface area contributed by atoms with Gasteiger partial charge < -0.3 is 9.88 Å². The number of aromatic nitrogens is 2.